The predicted octanol–water partition coefficient (Wildman–Crippen LogP) is 3.07. The average Bonchev–Trinajstić information content (AvgIpc) is 2.96. The Hall–Kier alpha value is -2.69. The Morgan fingerprint density at radius 1 is 1.16 bits per heavy atom. The first-order valence-corrected chi connectivity index (χ1v) is 8.51. The molecule has 4 nitrogen and oxygen atoms in total. The van der Waals surface area contributed by atoms with E-state index in [1.807, 2.05) is 30.3 Å². The maximum atomic E-state index is 13.3. The molecule has 0 unspecified atom stereocenters. The van der Waals surface area contributed by atoms with E-state index in [4.69, 9.17) is 0 Å². The summed E-state index contributed by atoms with van der Waals surface area (Å²) < 4.78 is 13.3. The molecule has 0 bridgehead atoms. The van der Waals surface area contributed by atoms with Crippen molar-refractivity contribution in [1.82, 2.24) is 5.32 Å². The minimum absolute atomic E-state index is 0.0465. The molecule has 0 aromatic heterocycles. The van der Waals surface area contributed by atoms with E-state index in [0.717, 1.165) is 12.8 Å². The molecular weight excluding hydrogens is 319 g/mol. The Morgan fingerprint density at radius 3 is 2.72 bits per heavy atom. The molecule has 2 amide bonds. The van der Waals surface area contributed by atoms with Crippen molar-refractivity contribution in [2.45, 2.75) is 31.7 Å². The van der Waals surface area contributed by atoms with Gasteiger partial charge >= 0.3 is 0 Å². The highest BCUT2D eigenvalue weighted by Crippen LogP contribution is 2.22. The maximum Gasteiger partial charge on any atom is 0.229 e. The number of carbonyl (C=O) groups excluding carboxylic acids is 2. The number of anilines is 1. The van der Waals surface area contributed by atoms with E-state index >= 15 is 0 Å². The van der Waals surface area contributed by atoms with Crippen molar-refractivity contribution in [1.29, 1.82) is 0 Å². The van der Waals surface area contributed by atoms with E-state index in [1.54, 1.807) is 12.1 Å². The molecule has 25 heavy (non-hydrogen) atoms. The van der Waals surface area contributed by atoms with Crippen LogP contribution in [0.4, 0.5) is 10.1 Å². The third-order valence-electron chi connectivity index (χ3n) is 4.32. The van der Waals surface area contributed by atoms with Crippen molar-refractivity contribution >= 4 is 17.5 Å². The van der Waals surface area contributed by atoms with Gasteiger partial charge in [0, 0.05) is 25.1 Å². The summed E-state index contributed by atoms with van der Waals surface area (Å²) >= 11 is 0. The van der Waals surface area contributed by atoms with Gasteiger partial charge < -0.3 is 10.2 Å². The number of benzene rings is 2. The molecule has 1 atom stereocenters. The highest BCUT2D eigenvalue weighted by atomic mass is 19.1. The lowest BCUT2D eigenvalue weighted by Crippen LogP contribution is -2.37. The lowest BCUT2D eigenvalue weighted by molar-refractivity contribution is -0.121. The summed E-state index contributed by atoms with van der Waals surface area (Å²) in [6.45, 7) is 0.382. The Morgan fingerprint density at radius 2 is 1.96 bits per heavy atom. The van der Waals surface area contributed by atoms with Crippen LogP contribution in [-0.4, -0.2) is 24.4 Å². The van der Waals surface area contributed by atoms with Gasteiger partial charge in [0.05, 0.1) is 6.04 Å². The summed E-state index contributed by atoms with van der Waals surface area (Å²) in [5.41, 5.74) is 1.74. The van der Waals surface area contributed by atoms with Gasteiger partial charge in [-0.3, -0.25) is 9.59 Å². The van der Waals surface area contributed by atoms with Crippen molar-refractivity contribution in [3.63, 3.8) is 0 Å². The number of carbonyl (C=O) groups is 2. The molecule has 2 aromatic carbocycles. The number of rotatable bonds is 6. The smallest absolute Gasteiger partial charge is 0.229 e. The monoisotopic (exact) mass is 340 g/mol. The SMILES string of the molecule is O=C(CCCc1ccccc1)N[C@@H]1CC(=O)N(c2cccc(F)c2)C1. The van der Waals surface area contributed by atoms with E-state index in [9.17, 15) is 14.0 Å². The second-order valence-corrected chi connectivity index (χ2v) is 6.29. The van der Waals surface area contributed by atoms with Crippen LogP contribution in [0.25, 0.3) is 0 Å². The van der Waals surface area contributed by atoms with Gasteiger partial charge in [-0.25, -0.2) is 4.39 Å². The van der Waals surface area contributed by atoms with Crippen molar-refractivity contribution in [3.05, 3.63) is 66.0 Å². The van der Waals surface area contributed by atoms with Crippen molar-refractivity contribution in [2.24, 2.45) is 0 Å². The fourth-order valence-corrected chi connectivity index (χ4v) is 3.10. The normalized spacial score (nSPS) is 16.9. The highest BCUT2D eigenvalue weighted by molar-refractivity contribution is 5.96. The molecule has 1 saturated heterocycles. The van der Waals surface area contributed by atoms with E-state index in [-0.39, 0.29) is 30.1 Å². The van der Waals surface area contributed by atoms with Crippen LogP contribution in [0.2, 0.25) is 0 Å². The molecule has 3 rings (SSSR count). The van der Waals surface area contributed by atoms with Crippen LogP contribution < -0.4 is 10.2 Å². The first-order chi connectivity index (χ1) is 12.1. The number of nitrogens with zero attached hydrogens (tertiary/aromatic N) is 1. The molecular formula is C20H21FN2O2. The predicted molar refractivity (Wildman–Crippen MR) is 94.7 cm³/mol. The maximum absolute atomic E-state index is 13.3. The van der Waals surface area contributed by atoms with Crippen LogP contribution in [-0.2, 0) is 16.0 Å². The molecule has 0 spiro atoms. The summed E-state index contributed by atoms with van der Waals surface area (Å²) in [5.74, 6) is -0.520. The first kappa shape index (κ1) is 17.1. The van der Waals surface area contributed by atoms with E-state index < -0.39 is 0 Å². The minimum Gasteiger partial charge on any atom is -0.351 e. The minimum atomic E-state index is -0.376. The van der Waals surface area contributed by atoms with E-state index in [0.29, 0.717) is 18.7 Å². The number of hydrogen-bond donors (Lipinski definition) is 1. The molecule has 1 aliphatic rings. The fourth-order valence-electron chi connectivity index (χ4n) is 3.10. The van der Waals surface area contributed by atoms with E-state index in [1.165, 1.54) is 22.6 Å². The second-order valence-electron chi connectivity index (χ2n) is 6.29. The number of nitrogens with one attached hydrogen (secondary N) is 1. The molecule has 130 valence electrons. The zero-order chi connectivity index (χ0) is 17.6. The van der Waals surface area contributed by atoms with Gasteiger partial charge in [0.1, 0.15) is 5.82 Å². The van der Waals surface area contributed by atoms with Gasteiger partial charge in [-0.1, -0.05) is 36.4 Å². The lowest BCUT2D eigenvalue weighted by atomic mass is 10.1. The molecule has 2 aromatic rings. The summed E-state index contributed by atoms with van der Waals surface area (Å²) in [4.78, 5) is 25.7. The standard InChI is InChI=1S/C20H21FN2O2/c21-16-9-5-10-18(12-16)23-14-17(13-20(23)25)22-19(24)11-4-8-15-6-2-1-3-7-15/h1-3,5-7,9-10,12,17H,4,8,11,13-14H2,(H,22,24)/t17-/m1/s1. The van der Waals surface area contributed by atoms with Crippen molar-refractivity contribution < 1.29 is 14.0 Å². The Kier molecular flexibility index (Phi) is 5.43. The highest BCUT2D eigenvalue weighted by Gasteiger charge is 2.31. The quantitative estimate of drug-likeness (QED) is 0.879. The topological polar surface area (TPSA) is 49.4 Å². The van der Waals surface area contributed by atoms with Gasteiger partial charge in [-0.2, -0.15) is 0 Å². The number of aryl methyl sites for hydroxylation is 1. The summed E-state index contributed by atoms with van der Waals surface area (Å²) in [6, 6.07) is 15.8. The van der Waals surface area contributed by atoms with Crippen molar-refractivity contribution in [3.8, 4) is 0 Å². The molecule has 1 heterocycles. The first-order valence-electron chi connectivity index (χ1n) is 8.51. The molecule has 1 fully saturated rings. The van der Waals surface area contributed by atoms with Crippen LogP contribution in [0.15, 0.2) is 54.6 Å². The lowest BCUT2D eigenvalue weighted by Gasteiger charge is -2.17. The van der Waals surface area contributed by atoms with Crippen molar-refractivity contribution in [2.75, 3.05) is 11.4 Å². The van der Waals surface area contributed by atoms with Crippen LogP contribution in [0.3, 0.4) is 0 Å². The third kappa shape index (κ3) is 4.66. The number of amides is 2. The van der Waals surface area contributed by atoms with Crippen LogP contribution in [0, 0.1) is 5.82 Å². The van der Waals surface area contributed by atoms with E-state index in [2.05, 4.69) is 5.32 Å². The Bertz CT molecular complexity index is 748. The molecule has 1 aliphatic heterocycles. The van der Waals surface area contributed by atoms with Gasteiger partial charge in [0.15, 0.2) is 0 Å². The van der Waals surface area contributed by atoms with Gasteiger partial charge in [-0.15, -0.1) is 0 Å². The summed E-state index contributed by atoms with van der Waals surface area (Å²) in [5, 5.41) is 2.91. The summed E-state index contributed by atoms with van der Waals surface area (Å²) in [6.07, 6.45) is 2.30. The molecule has 0 aliphatic carbocycles. The molecule has 5 heteroatoms. The fraction of sp³-hybridized carbons (Fsp3) is 0.300. The van der Waals surface area contributed by atoms with Gasteiger partial charge in [-0.05, 0) is 36.6 Å². The molecule has 0 saturated carbocycles. The Balaban J connectivity index is 1.47. The average molecular weight is 340 g/mol. The van der Waals surface area contributed by atoms with Gasteiger partial charge in [0.25, 0.3) is 0 Å². The van der Waals surface area contributed by atoms with Crippen LogP contribution >= 0.6 is 0 Å². The number of hydrogen-bond acceptors (Lipinski definition) is 2. The zero-order valence-electron chi connectivity index (χ0n) is 14.0. The second kappa shape index (κ2) is 7.92. The summed E-state index contributed by atoms with van der Waals surface area (Å²) in [7, 11) is 0. The van der Waals surface area contributed by atoms with Crippen LogP contribution in [0.1, 0.15) is 24.8 Å². The van der Waals surface area contributed by atoms with Crippen LogP contribution in [0.5, 0.6) is 0 Å². The number of halogens is 1. The molecule has 1 N–H and O–H groups in total. The largest absolute Gasteiger partial charge is 0.351 e. The zero-order valence-corrected chi connectivity index (χ0v) is 14.0. The third-order valence-corrected chi connectivity index (χ3v) is 4.32. The van der Waals surface area contributed by atoms with Gasteiger partial charge in [0.2, 0.25) is 11.8 Å². The Labute approximate surface area is 146 Å². The molecule has 0 radical (unpaired) electrons.